The van der Waals surface area contributed by atoms with Crippen molar-refractivity contribution in [3.63, 3.8) is 0 Å². The molecule has 1 aromatic carbocycles. The predicted molar refractivity (Wildman–Crippen MR) is 86.0 cm³/mol. The van der Waals surface area contributed by atoms with Gasteiger partial charge in [0.25, 0.3) is 0 Å². The number of methoxy groups -OCH3 is 1. The first kappa shape index (κ1) is 14.2. The number of rotatable bonds is 4. The second-order valence-corrected chi connectivity index (χ2v) is 5.96. The summed E-state index contributed by atoms with van der Waals surface area (Å²) in [6, 6.07) is 5.72. The van der Waals surface area contributed by atoms with Gasteiger partial charge in [0.15, 0.2) is 5.16 Å². The number of nitrogens with zero attached hydrogens (tertiary/aromatic N) is 3. The summed E-state index contributed by atoms with van der Waals surface area (Å²) in [5.41, 5.74) is 1.81. The van der Waals surface area contributed by atoms with E-state index in [1.807, 2.05) is 18.2 Å². The van der Waals surface area contributed by atoms with Crippen molar-refractivity contribution >= 4 is 44.7 Å². The maximum Gasteiger partial charge on any atom is 0.223 e. The molecule has 6 nitrogen and oxygen atoms in total. The number of fused-ring (bicyclic) bond motifs is 1. The minimum absolute atomic E-state index is 0.568. The molecule has 3 aromatic rings. The molecule has 0 aliphatic carbocycles. The molecule has 0 bridgehead atoms. The van der Waals surface area contributed by atoms with Crippen LogP contribution in [0.25, 0.3) is 11.0 Å². The SMILES string of the molecule is CNc1ncc(Br)c(Sc2nc3ccc(OC)cc3[nH]2)n1. The summed E-state index contributed by atoms with van der Waals surface area (Å²) in [6.07, 6.45) is 1.72. The Hall–Kier alpha value is -1.80. The number of hydrogen-bond acceptors (Lipinski definition) is 6. The zero-order chi connectivity index (χ0) is 14.8. The highest BCUT2D eigenvalue weighted by atomic mass is 79.9. The Bertz CT molecular complexity index is 791. The van der Waals surface area contributed by atoms with Crippen LogP contribution in [0.2, 0.25) is 0 Å². The molecule has 2 N–H and O–H groups in total. The number of benzene rings is 1. The maximum atomic E-state index is 5.21. The molecule has 0 saturated carbocycles. The van der Waals surface area contributed by atoms with Gasteiger partial charge >= 0.3 is 0 Å². The Morgan fingerprint density at radius 1 is 1.33 bits per heavy atom. The lowest BCUT2D eigenvalue weighted by Crippen LogP contribution is -1.97. The number of hydrogen-bond donors (Lipinski definition) is 2. The van der Waals surface area contributed by atoms with Crippen LogP contribution in [0.15, 0.2) is 39.1 Å². The Morgan fingerprint density at radius 3 is 2.95 bits per heavy atom. The van der Waals surface area contributed by atoms with Crippen LogP contribution in [-0.4, -0.2) is 34.1 Å². The molecule has 2 aromatic heterocycles. The lowest BCUT2D eigenvalue weighted by atomic mass is 10.3. The summed E-state index contributed by atoms with van der Waals surface area (Å²) in [6.45, 7) is 0. The van der Waals surface area contributed by atoms with Gasteiger partial charge in [-0.1, -0.05) is 0 Å². The fourth-order valence-corrected chi connectivity index (χ4v) is 2.98. The monoisotopic (exact) mass is 365 g/mol. The second kappa shape index (κ2) is 5.90. The van der Waals surface area contributed by atoms with Crippen LogP contribution in [0.1, 0.15) is 0 Å². The normalized spacial score (nSPS) is 10.8. The average molecular weight is 366 g/mol. The standard InChI is InChI=1S/C13H12BrN5OS/c1-15-12-16-6-8(14)11(19-12)21-13-17-9-4-3-7(20-2)5-10(9)18-13/h3-6H,1-2H3,(H,17,18)(H,15,16,19). The number of halogens is 1. The Labute approximate surface area is 133 Å². The van der Waals surface area contributed by atoms with Gasteiger partial charge in [-0.2, -0.15) is 0 Å². The summed E-state index contributed by atoms with van der Waals surface area (Å²) in [7, 11) is 3.43. The lowest BCUT2D eigenvalue weighted by molar-refractivity contribution is 0.415. The second-order valence-electron chi connectivity index (χ2n) is 4.12. The van der Waals surface area contributed by atoms with Crippen LogP contribution in [0.3, 0.4) is 0 Å². The average Bonchev–Trinajstić information content (AvgIpc) is 2.90. The van der Waals surface area contributed by atoms with E-state index in [9.17, 15) is 0 Å². The molecule has 2 heterocycles. The summed E-state index contributed by atoms with van der Waals surface area (Å²) in [5, 5.41) is 4.47. The highest BCUT2D eigenvalue weighted by molar-refractivity contribution is 9.10. The minimum Gasteiger partial charge on any atom is -0.497 e. The van der Waals surface area contributed by atoms with Gasteiger partial charge in [0.1, 0.15) is 10.8 Å². The van der Waals surface area contributed by atoms with E-state index in [1.54, 1.807) is 20.4 Å². The van der Waals surface area contributed by atoms with Gasteiger partial charge in [-0.3, -0.25) is 0 Å². The fourth-order valence-electron chi connectivity index (χ4n) is 1.78. The Kier molecular flexibility index (Phi) is 3.98. The highest BCUT2D eigenvalue weighted by Gasteiger charge is 2.10. The van der Waals surface area contributed by atoms with Gasteiger partial charge in [0, 0.05) is 19.3 Å². The van der Waals surface area contributed by atoms with E-state index in [1.165, 1.54) is 11.8 Å². The topological polar surface area (TPSA) is 75.7 Å². The van der Waals surface area contributed by atoms with Gasteiger partial charge in [-0.15, -0.1) is 0 Å². The van der Waals surface area contributed by atoms with Gasteiger partial charge in [-0.25, -0.2) is 15.0 Å². The smallest absolute Gasteiger partial charge is 0.223 e. The van der Waals surface area contributed by atoms with Crippen molar-refractivity contribution in [1.29, 1.82) is 0 Å². The molecule has 0 aliphatic rings. The Balaban J connectivity index is 1.94. The van der Waals surface area contributed by atoms with Crippen LogP contribution in [0.4, 0.5) is 5.95 Å². The molecular weight excluding hydrogens is 354 g/mol. The molecule has 0 fully saturated rings. The largest absolute Gasteiger partial charge is 0.497 e. The van der Waals surface area contributed by atoms with Gasteiger partial charge in [-0.05, 0) is 39.8 Å². The lowest BCUT2D eigenvalue weighted by Gasteiger charge is -2.03. The number of anilines is 1. The molecular formula is C13H12BrN5OS. The molecule has 0 radical (unpaired) electrons. The first-order valence-electron chi connectivity index (χ1n) is 6.11. The van der Waals surface area contributed by atoms with Crippen molar-refractivity contribution in [2.45, 2.75) is 10.2 Å². The first-order valence-corrected chi connectivity index (χ1v) is 7.72. The number of aromatic nitrogens is 4. The minimum atomic E-state index is 0.568. The van der Waals surface area contributed by atoms with Crippen molar-refractivity contribution in [2.24, 2.45) is 0 Å². The molecule has 8 heteroatoms. The quantitative estimate of drug-likeness (QED) is 0.690. The molecule has 0 spiro atoms. The molecule has 3 rings (SSSR count). The third-order valence-electron chi connectivity index (χ3n) is 2.80. The zero-order valence-electron chi connectivity index (χ0n) is 11.3. The van der Waals surface area contributed by atoms with E-state index < -0.39 is 0 Å². The van der Waals surface area contributed by atoms with E-state index in [-0.39, 0.29) is 0 Å². The van der Waals surface area contributed by atoms with E-state index in [0.717, 1.165) is 31.4 Å². The van der Waals surface area contributed by atoms with E-state index in [4.69, 9.17) is 4.74 Å². The molecule has 0 saturated heterocycles. The van der Waals surface area contributed by atoms with Gasteiger partial charge in [0.05, 0.1) is 22.6 Å². The molecule has 0 aliphatic heterocycles. The van der Waals surface area contributed by atoms with Crippen LogP contribution in [0, 0.1) is 0 Å². The third kappa shape index (κ3) is 2.96. The number of aromatic amines is 1. The van der Waals surface area contributed by atoms with Crippen LogP contribution in [0.5, 0.6) is 5.75 Å². The van der Waals surface area contributed by atoms with Gasteiger partial charge < -0.3 is 15.0 Å². The number of nitrogens with one attached hydrogen (secondary N) is 2. The summed E-state index contributed by atoms with van der Waals surface area (Å²) in [5.74, 6) is 1.36. The molecule has 108 valence electrons. The maximum absolute atomic E-state index is 5.21. The molecule has 0 unspecified atom stereocenters. The molecule has 0 atom stereocenters. The van der Waals surface area contributed by atoms with Crippen LogP contribution < -0.4 is 10.1 Å². The first-order chi connectivity index (χ1) is 10.2. The number of H-pyrrole nitrogens is 1. The van der Waals surface area contributed by atoms with Crippen molar-refractivity contribution < 1.29 is 4.74 Å². The van der Waals surface area contributed by atoms with Crippen LogP contribution in [-0.2, 0) is 0 Å². The van der Waals surface area contributed by atoms with Gasteiger partial charge in [0.2, 0.25) is 5.95 Å². The highest BCUT2D eigenvalue weighted by Crippen LogP contribution is 2.32. The predicted octanol–water partition coefficient (Wildman–Crippen LogP) is 3.32. The Morgan fingerprint density at radius 2 is 2.19 bits per heavy atom. The number of ether oxygens (including phenoxy) is 1. The van der Waals surface area contributed by atoms with Crippen molar-refractivity contribution in [3.05, 3.63) is 28.9 Å². The summed E-state index contributed by atoms with van der Waals surface area (Å²) in [4.78, 5) is 16.3. The zero-order valence-corrected chi connectivity index (χ0v) is 13.7. The summed E-state index contributed by atoms with van der Waals surface area (Å²) >= 11 is 4.89. The molecule has 0 amide bonds. The third-order valence-corrected chi connectivity index (χ3v) is 4.53. The van der Waals surface area contributed by atoms with Crippen molar-refractivity contribution in [1.82, 2.24) is 19.9 Å². The van der Waals surface area contributed by atoms with E-state index in [2.05, 4.69) is 41.2 Å². The van der Waals surface area contributed by atoms with Crippen LogP contribution >= 0.6 is 27.7 Å². The summed E-state index contributed by atoms with van der Waals surface area (Å²) < 4.78 is 6.03. The van der Waals surface area contributed by atoms with Crippen molar-refractivity contribution in [3.8, 4) is 5.75 Å². The fraction of sp³-hybridized carbons (Fsp3) is 0.154. The number of imidazole rings is 1. The van der Waals surface area contributed by atoms with E-state index >= 15 is 0 Å². The van der Waals surface area contributed by atoms with Crippen molar-refractivity contribution in [2.75, 3.05) is 19.5 Å². The molecule has 21 heavy (non-hydrogen) atoms. The van der Waals surface area contributed by atoms with E-state index in [0.29, 0.717) is 5.95 Å².